The van der Waals surface area contributed by atoms with Crippen LogP contribution in [0.25, 0.3) is 0 Å². The highest BCUT2D eigenvalue weighted by Gasteiger charge is 2.23. The van der Waals surface area contributed by atoms with Crippen molar-refractivity contribution in [1.82, 2.24) is 4.90 Å². The van der Waals surface area contributed by atoms with Gasteiger partial charge in [-0.3, -0.25) is 4.90 Å². The first-order valence-corrected chi connectivity index (χ1v) is 7.20. The number of anilines is 1. The van der Waals surface area contributed by atoms with Crippen LogP contribution < -0.4 is 4.90 Å². The minimum atomic E-state index is 0.531. The molecule has 1 fully saturated rings. The zero-order valence-electron chi connectivity index (χ0n) is 11.3. The number of unbranched alkanes of at least 4 members (excludes halogenated alkanes) is 1. The molecule has 0 saturated carbocycles. The number of nitrogens with zero attached hydrogens (tertiary/aromatic N) is 3. The smallest absolute Gasteiger partial charge is 0.0622 e. The van der Waals surface area contributed by atoms with Gasteiger partial charge in [0, 0.05) is 42.8 Å². The lowest BCUT2D eigenvalue weighted by Gasteiger charge is -2.41. The van der Waals surface area contributed by atoms with E-state index in [1.807, 2.05) is 12.1 Å². The molecule has 0 spiro atoms. The second-order valence-corrected chi connectivity index (χ2v) is 5.51. The second-order valence-electron chi connectivity index (χ2n) is 5.07. The topological polar surface area (TPSA) is 30.3 Å². The fourth-order valence-corrected chi connectivity index (χ4v) is 2.70. The van der Waals surface area contributed by atoms with Gasteiger partial charge >= 0.3 is 0 Å². The van der Waals surface area contributed by atoms with Crippen LogP contribution in [0, 0.1) is 11.3 Å². The highest BCUT2D eigenvalue weighted by atomic mass is 35.5. The van der Waals surface area contributed by atoms with Crippen molar-refractivity contribution >= 4 is 17.3 Å². The molecule has 0 aliphatic carbocycles. The van der Waals surface area contributed by atoms with Gasteiger partial charge in [-0.2, -0.15) is 5.26 Å². The molecule has 1 aromatic carbocycles. The van der Waals surface area contributed by atoms with Crippen molar-refractivity contribution in [2.45, 2.75) is 25.8 Å². The normalized spacial score (nSPS) is 20.3. The average Bonchev–Trinajstić information content (AvgIpc) is 2.42. The lowest BCUT2D eigenvalue weighted by atomic mass is 10.1. The molecule has 0 radical (unpaired) electrons. The van der Waals surface area contributed by atoms with Crippen LogP contribution in [0.5, 0.6) is 0 Å². The Labute approximate surface area is 120 Å². The number of hydrogen-bond acceptors (Lipinski definition) is 3. The molecule has 0 aromatic heterocycles. The van der Waals surface area contributed by atoms with Gasteiger partial charge in [-0.1, -0.05) is 11.6 Å². The molecule has 1 aromatic rings. The first-order chi connectivity index (χ1) is 9.20. The summed E-state index contributed by atoms with van der Waals surface area (Å²) in [5, 5.41) is 9.37. The van der Waals surface area contributed by atoms with Gasteiger partial charge in [-0.15, -0.1) is 0 Å². The van der Waals surface area contributed by atoms with Crippen molar-refractivity contribution in [3.63, 3.8) is 0 Å². The molecule has 0 bridgehead atoms. The van der Waals surface area contributed by atoms with E-state index in [0.717, 1.165) is 37.6 Å². The summed E-state index contributed by atoms with van der Waals surface area (Å²) in [6.45, 7) is 6.43. The van der Waals surface area contributed by atoms with E-state index in [4.69, 9.17) is 16.9 Å². The first-order valence-electron chi connectivity index (χ1n) is 6.82. The monoisotopic (exact) mass is 277 g/mol. The van der Waals surface area contributed by atoms with Crippen molar-refractivity contribution in [3.8, 4) is 6.07 Å². The molecule has 0 N–H and O–H groups in total. The third-order valence-corrected chi connectivity index (χ3v) is 3.94. The molecule has 0 amide bonds. The fraction of sp³-hybridized carbons (Fsp3) is 0.533. The summed E-state index contributed by atoms with van der Waals surface area (Å²) in [5.74, 6) is 0. The number of nitriles is 1. The van der Waals surface area contributed by atoms with Crippen LogP contribution in [0.1, 0.15) is 19.8 Å². The van der Waals surface area contributed by atoms with Gasteiger partial charge < -0.3 is 4.90 Å². The maximum absolute atomic E-state index is 8.59. The Morgan fingerprint density at radius 1 is 1.32 bits per heavy atom. The molecule has 2 rings (SSSR count). The molecule has 1 saturated heterocycles. The lowest BCUT2D eigenvalue weighted by molar-refractivity contribution is 0.188. The van der Waals surface area contributed by atoms with Gasteiger partial charge in [0.1, 0.15) is 0 Å². The average molecular weight is 278 g/mol. The highest BCUT2D eigenvalue weighted by molar-refractivity contribution is 6.30. The van der Waals surface area contributed by atoms with E-state index >= 15 is 0 Å². The Hall–Kier alpha value is -1.24. The van der Waals surface area contributed by atoms with Gasteiger partial charge in [0.2, 0.25) is 0 Å². The molecule has 1 aliphatic rings. The van der Waals surface area contributed by atoms with Crippen molar-refractivity contribution in [3.05, 3.63) is 29.3 Å². The quantitative estimate of drug-likeness (QED) is 0.792. The van der Waals surface area contributed by atoms with E-state index in [9.17, 15) is 0 Å². The molecule has 4 heteroatoms. The molecule has 3 nitrogen and oxygen atoms in total. The summed E-state index contributed by atoms with van der Waals surface area (Å²) in [6.07, 6.45) is 1.63. The fourth-order valence-electron chi connectivity index (χ4n) is 2.58. The zero-order valence-corrected chi connectivity index (χ0v) is 12.1. The van der Waals surface area contributed by atoms with Crippen LogP contribution in [0.15, 0.2) is 24.3 Å². The maximum Gasteiger partial charge on any atom is 0.0622 e. The van der Waals surface area contributed by atoms with Crippen LogP contribution in [0.3, 0.4) is 0 Å². The summed E-state index contributed by atoms with van der Waals surface area (Å²) in [6, 6.07) is 10.8. The summed E-state index contributed by atoms with van der Waals surface area (Å²) < 4.78 is 0. The van der Waals surface area contributed by atoms with Gasteiger partial charge in [0.15, 0.2) is 0 Å². The Balaban J connectivity index is 1.89. The van der Waals surface area contributed by atoms with Crippen molar-refractivity contribution in [1.29, 1.82) is 5.26 Å². The van der Waals surface area contributed by atoms with Crippen molar-refractivity contribution < 1.29 is 0 Å². The number of benzene rings is 1. The lowest BCUT2D eigenvalue weighted by Crippen LogP contribution is -2.52. The van der Waals surface area contributed by atoms with Crippen LogP contribution in [-0.2, 0) is 0 Å². The molecule has 1 unspecified atom stereocenters. The Kier molecular flexibility index (Phi) is 5.07. The van der Waals surface area contributed by atoms with E-state index in [1.54, 1.807) is 0 Å². The van der Waals surface area contributed by atoms with Crippen LogP contribution >= 0.6 is 11.6 Å². The van der Waals surface area contributed by atoms with Gasteiger partial charge in [-0.05, 0) is 44.2 Å². The van der Waals surface area contributed by atoms with Crippen LogP contribution in [0.4, 0.5) is 5.69 Å². The Morgan fingerprint density at radius 2 is 2.05 bits per heavy atom. The highest BCUT2D eigenvalue weighted by Crippen LogP contribution is 2.21. The summed E-state index contributed by atoms with van der Waals surface area (Å²) in [4.78, 5) is 4.88. The second kappa shape index (κ2) is 6.79. The molecular formula is C15H20ClN3. The molecular weight excluding hydrogens is 258 g/mol. The number of hydrogen-bond donors (Lipinski definition) is 0. The van der Waals surface area contributed by atoms with Gasteiger partial charge in [0.05, 0.1) is 6.07 Å². The van der Waals surface area contributed by atoms with Crippen molar-refractivity contribution in [2.24, 2.45) is 0 Å². The predicted octanol–water partition coefficient (Wildman–Crippen LogP) is 3.15. The Bertz CT molecular complexity index is 438. The number of piperazine rings is 1. The molecule has 1 heterocycles. The van der Waals surface area contributed by atoms with Gasteiger partial charge in [0.25, 0.3) is 0 Å². The minimum absolute atomic E-state index is 0.531. The van der Waals surface area contributed by atoms with E-state index in [-0.39, 0.29) is 0 Å². The minimum Gasteiger partial charge on any atom is -0.369 e. The Morgan fingerprint density at radius 3 is 2.68 bits per heavy atom. The third-order valence-electron chi connectivity index (χ3n) is 3.69. The maximum atomic E-state index is 8.59. The number of rotatable bonds is 4. The van der Waals surface area contributed by atoms with Crippen molar-refractivity contribution in [2.75, 3.05) is 31.1 Å². The largest absolute Gasteiger partial charge is 0.369 e. The number of halogens is 1. The van der Waals surface area contributed by atoms with E-state index in [2.05, 4.69) is 34.9 Å². The first kappa shape index (κ1) is 14.2. The zero-order chi connectivity index (χ0) is 13.7. The SMILES string of the molecule is CC1CN(c2ccc(Cl)cc2)CCN1CCCC#N. The molecule has 102 valence electrons. The predicted molar refractivity (Wildman–Crippen MR) is 79.5 cm³/mol. The molecule has 1 aliphatic heterocycles. The van der Waals surface area contributed by atoms with E-state index in [1.165, 1.54) is 5.69 Å². The van der Waals surface area contributed by atoms with E-state index in [0.29, 0.717) is 12.5 Å². The van der Waals surface area contributed by atoms with Crippen LogP contribution in [0.2, 0.25) is 5.02 Å². The van der Waals surface area contributed by atoms with E-state index < -0.39 is 0 Å². The van der Waals surface area contributed by atoms with Gasteiger partial charge in [-0.25, -0.2) is 0 Å². The summed E-state index contributed by atoms with van der Waals surface area (Å²) >= 11 is 5.92. The molecule has 1 atom stereocenters. The standard InChI is InChI=1S/C15H20ClN3/c1-13-12-19(15-6-4-14(16)5-7-15)11-10-18(13)9-3-2-8-17/h4-7,13H,2-3,9-12H2,1H3. The molecule has 19 heavy (non-hydrogen) atoms. The third kappa shape index (κ3) is 3.86. The summed E-state index contributed by atoms with van der Waals surface area (Å²) in [7, 11) is 0. The summed E-state index contributed by atoms with van der Waals surface area (Å²) in [5.41, 5.74) is 1.24. The van der Waals surface area contributed by atoms with Crippen LogP contribution in [-0.4, -0.2) is 37.1 Å².